The van der Waals surface area contributed by atoms with Gasteiger partial charge in [-0.3, -0.25) is 9.55 Å². The summed E-state index contributed by atoms with van der Waals surface area (Å²) in [5, 5.41) is 9.43. The molecule has 1 aromatic carbocycles. The van der Waals surface area contributed by atoms with E-state index in [1.54, 1.807) is 28.8 Å². The van der Waals surface area contributed by atoms with E-state index < -0.39 is 17.3 Å². The summed E-state index contributed by atoms with van der Waals surface area (Å²) in [6.45, 7) is 0.381. The van der Waals surface area contributed by atoms with Crippen molar-refractivity contribution in [3.63, 3.8) is 0 Å². The number of aromatic amines is 1. The average molecular weight is 455 g/mol. The molecule has 32 heavy (non-hydrogen) atoms. The summed E-state index contributed by atoms with van der Waals surface area (Å²) in [5.74, 6) is 0.376. The van der Waals surface area contributed by atoms with Gasteiger partial charge in [0, 0.05) is 30.3 Å². The number of halogens is 3. The number of thioether (sulfide) groups is 1. The summed E-state index contributed by atoms with van der Waals surface area (Å²) in [6.07, 6.45) is -1.26. The largest absolute Gasteiger partial charge is 0.417 e. The van der Waals surface area contributed by atoms with Crippen molar-refractivity contribution in [2.45, 2.75) is 24.2 Å². The van der Waals surface area contributed by atoms with Gasteiger partial charge in [-0.15, -0.1) is 11.8 Å². The number of nitriles is 1. The van der Waals surface area contributed by atoms with Gasteiger partial charge in [0.25, 0.3) is 0 Å². The number of aromatic nitrogens is 4. The lowest BCUT2D eigenvalue weighted by molar-refractivity contribution is -0.138. The smallest absolute Gasteiger partial charge is 0.306 e. The SMILES string of the molecule is N#Cc1c(C(F)(F)F)cc(-c2cccnc2)nc1SCCCn1c(=O)[nH]c2ccccc21. The fourth-order valence-electron chi connectivity index (χ4n) is 3.34. The molecular formula is C22H16F3N5OS. The molecule has 4 rings (SSSR count). The number of alkyl halides is 3. The quantitative estimate of drug-likeness (QED) is 0.331. The lowest BCUT2D eigenvalue weighted by atomic mass is 10.1. The summed E-state index contributed by atoms with van der Waals surface area (Å²) in [6, 6.07) is 13.0. The molecule has 3 heterocycles. The molecule has 3 aromatic heterocycles. The van der Waals surface area contributed by atoms with Crippen molar-refractivity contribution < 1.29 is 13.2 Å². The van der Waals surface area contributed by atoms with E-state index in [4.69, 9.17) is 0 Å². The number of nitrogens with zero attached hydrogens (tertiary/aromatic N) is 4. The first-order valence-corrected chi connectivity index (χ1v) is 10.6. The third kappa shape index (κ3) is 4.38. The number of aryl methyl sites for hydroxylation is 1. The van der Waals surface area contributed by atoms with E-state index in [1.165, 1.54) is 12.4 Å². The summed E-state index contributed by atoms with van der Waals surface area (Å²) in [4.78, 5) is 23.2. The van der Waals surface area contributed by atoms with Gasteiger partial charge < -0.3 is 4.98 Å². The number of H-pyrrole nitrogens is 1. The van der Waals surface area contributed by atoms with Crippen LogP contribution in [0.1, 0.15) is 17.5 Å². The third-order valence-electron chi connectivity index (χ3n) is 4.81. The maximum absolute atomic E-state index is 13.6. The van der Waals surface area contributed by atoms with Crippen LogP contribution in [-0.4, -0.2) is 25.3 Å². The van der Waals surface area contributed by atoms with Gasteiger partial charge >= 0.3 is 11.9 Å². The molecule has 0 bridgehead atoms. The van der Waals surface area contributed by atoms with Gasteiger partial charge in [-0.25, -0.2) is 9.78 Å². The Hall–Kier alpha value is -3.58. The first-order chi connectivity index (χ1) is 15.4. The molecule has 0 saturated heterocycles. The predicted octanol–water partition coefficient (Wildman–Crippen LogP) is 4.86. The molecule has 0 aliphatic rings. The molecular weight excluding hydrogens is 439 g/mol. The minimum absolute atomic E-state index is 0.00690. The maximum Gasteiger partial charge on any atom is 0.417 e. The zero-order valence-electron chi connectivity index (χ0n) is 16.6. The Balaban J connectivity index is 1.59. The summed E-state index contributed by atoms with van der Waals surface area (Å²) in [5.41, 5.74) is 0.233. The molecule has 0 fully saturated rings. The number of rotatable bonds is 6. The Bertz CT molecular complexity index is 1360. The molecule has 0 amide bonds. The maximum atomic E-state index is 13.6. The minimum Gasteiger partial charge on any atom is -0.306 e. The summed E-state index contributed by atoms with van der Waals surface area (Å²) < 4.78 is 42.5. The van der Waals surface area contributed by atoms with Crippen molar-refractivity contribution >= 4 is 22.8 Å². The van der Waals surface area contributed by atoms with Crippen LogP contribution in [0.15, 0.2) is 64.7 Å². The number of hydrogen-bond acceptors (Lipinski definition) is 5. The van der Waals surface area contributed by atoms with E-state index in [2.05, 4.69) is 15.0 Å². The molecule has 0 atom stereocenters. The van der Waals surface area contributed by atoms with Gasteiger partial charge in [0.2, 0.25) is 0 Å². The topological polar surface area (TPSA) is 87.4 Å². The van der Waals surface area contributed by atoms with E-state index in [0.717, 1.165) is 28.9 Å². The first-order valence-electron chi connectivity index (χ1n) is 9.61. The first kappa shape index (κ1) is 21.6. The van der Waals surface area contributed by atoms with Crippen LogP contribution in [0.2, 0.25) is 0 Å². The van der Waals surface area contributed by atoms with Crippen molar-refractivity contribution in [3.8, 4) is 17.3 Å². The predicted molar refractivity (Wildman–Crippen MR) is 115 cm³/mol. The number of fused-ring (bicyclic) bond motifs is 1. The Labute approximate surface area is 184 Å². The van der Waals surface area contributed by atoms with Crippen molar-refractivity contribution in [1.29, 1.82) is 5.26 Å². The molecule has 162 valence electrons. The second-order valence-electron chi connectivity index (χ2n) is 6.89. The van der Waals surface area contributed by atoms with Crippen molar-refractivity contribution in [1.82, 2.24) is 19.5 Å². The molecule has 0 aliphatic heterocycles. The number of benzene rings is 1. The van der Waals surface area contributed by atoms with Gasteiger partial charge in [0.1, 0.15) is 11.1 Å². The van der Waals surface area contributed by atoms with Gasteiger partial charge in [-0.1, -0.05) is 12.1 Å². The highest BCUT2D eigenvalue weighted by Crippen LogP contribution is 2.38. The average Bonchev–Trinajstić information content (AvgIpc) is 3.11. The van der Waals surface area contributed by atoms with Crippen LogP contribution >= 0.6 is 11.8 Å². The van der Waals surface area contributed by atoms with E-state index in [9.17, 15) is 23.2 Å². The fraction of sp³-hybridized carbons (Fsp3) is 0.182. The number of hydrogen-bond donors (Lipinski definition) is 1. The number of pyridine rings is 2. The molecule has 0 aliphatic carbocycles. The highest BCUT2D eigenvalue weighted by atomic mass is 32.2. The summed E-state index contributed by atoms with van der Waals surface area (Å²) in [7, 11) is 0. The standard InChI is InChI=1S/C22H16F3N5OS/c23-22(24,25)16-11-18(14-5-3-8-27-13-14)28-20(15(16)12-26)32-10-4-9-30-19-7-2-1-6-17(19)29-21(30)31/h1-3,5-8,11,13H,4,9-10H2,(H,29,31). The zero-order valence-corrected chi connectivity index (χ0v) is 17.4. The molecule has 10 heteroatoms. The molecule has 1 N–H and O–H groups in total. The Morgan fingerprint density at radius 1 is 1.19 bits per heavy atom. The molecule has 6 nitrogen and oxygen atoms in total. The van der Waals surface area contributed by atoms with Crippen molar-refractivity contribution in [2.75, 3.05) is 5.75 Å². The molecule has 4 aromatic rings. The number of para-hydroxylation sites is 2. The van der Waals surface area contributed by atoms with Gasteiger partial charge in [-0.05, 0) is 36.8 Å². The molecule has 0 spiro atoms. The summed E-state index contributed by atoms with van der Waals surface area (Å²) >= 11 is 1.06. The second-order valence-corrected chi connectivity index (χ2v) is 7.97. The highest BCUT2D eigenvalue weighted by molar-refractivity contribution is 7.99. The lowest BCUT2D eigenvalue weighted by Gasteiger charge is -2.14. The van der Waals surface area contributed by atoms with Gasteiger partial charge in [0.15, 0.2) is 0 Å². The van der Waals surface area contributed by atoms with Crippen LogP contribution in [-0.2, 0) is 12.7 Å². The Kier molecular flexibility index (Phi) is 6.01. The number of imidazole rings is 1. The monoisotopic (exact) mass is 455 g/mol. The van der Waals surface area contributed by atoms with Crippen LogP contribution < -0.4 is 5.69 Å². The van der Waals surface area contributed by atoms with E-state index >= 15 is 0 Å². The van der Waals surface area contributed by atoms with Gasteiger partial charge in [0.05, 0.1) is 27.9 Å². The van der Waals surface area contributed by atoms with E-state index in [-0.39, 0.29) is 16.4 Å². The molecule has 0 radical (unpaired) electrons. The molecule has 0 saturated carbocycles. The van der Waals surface area contributed by atoms with Gasteiger partial charge in [-0.2, -0.15) is 18.4 Å². The normalized spacial score (nSPS) is 11.6. The van der Waals surface area contributed by atoms with Crippen LogP contribution in [0.5, 0.6) is 0 Å². The fourth-order valence-corrected chi connectivity index (χ4v) is 4.27. The van der Waals surface area contributed by atoms with Crippen LogP contribution in [0.4, 0.5) is 13.2 Å². The van der Waals surface area contributed by atoms with E-state index in [1.807, 2.05) is 18.2 Å². The third-order valence-corrected chi connectivity index (χ3v) is 5.87. The van der Waals surface area contributed by atoms with Crippen LogP contribution in [0, 0.1) is 11.3 Å². The Morgan fingerprint density at radius 2 is 2.00 bits per heavy atom. The number of nitrogens with one attached hydrogen (secondary N) is 1. The highest BCUT2D eigenvalue weighted by Gasteiger charge is 2.36. The van der Waals surface area contributed by atoms with Crippen LogP contribution in [0.25, 0.3) is 22.3 Å². The zero-order chi connectivity index (χ0) is 22.7. The minimum atomic E-state index is -4.70. The van der Waals surface area contributed by atoms with Crippen molar-refractivity contribution in [3.05, 3.63) is 76.5 Å². The Morgan fingerprint density at radius 3 is 2.72 bits per heavy atom. The second kappa shape index (κ2) is 8.88. The lowest BCUT2D eigenvalue weighted by Crippen LogP contribution is -2.17. The molecule has 0 unspecified atom stereocenters. The van der Waals surface area contributed by atoms with Crippen molar-refractivity contribution in [2.24, 2.45) is 0 Å². The van der Waals surface area contributed by atoms with Crippen LogP contribution in [0.3, 0.4) is 0 Å². The van der Waals surface area contributed by atoms with E-state index in [0.29, 0.717) is 24.3 Å².